The molecular weight excluding hydrogens is 250 g/mol. The molecule has 4 heteroatoms. The van der Waals surface area contributed by atoms with Crippen LogP contribution in [0.5, 0.6) is 11.5 Å². The van der Waals surface area contributed by atoms with E-state index in [4.69, 9.17) is 16.3 Å². The maximum Gasteiger partial charge on any atom is 0.162 e. The molecule has 1 aliphatic carbocycles. The van der Waals surface area contributed by atoms with E-state index < -0.39 is 0 Å². The minimum absolute atomic E-state index is 0.177. The van der Waals surface area contributed by atoms with Crippen molar-refractivity contribution in [1.29, 1.82) is 0 Å². The van der Waals surface area contributed by atoms with Crippen molar-refractivity contribution in [2.75, 3.05) is 13.7 Å². The summed E-state index contributed by atoms with van der Waals surface area (Å²) in [6.07, 6.45) is 3.83. The first-order chi connectivity index (χ1) is 8.60. The zero-order valence-corrected chi connectivity index (χ0v) is 11.7. The van der Waals surface area contributed by atoms with E-state index in [2.05, 4.69) is 12.2 Å². The van der Waals surface area contributed by atoms with Gasteiger partial charge in [-0.2, -0.15) is 0 Å². The van der Waals surface area contributed by atoms with Gasteiger partial charge in [0.2, 0.25) is 0 Å². The Labute approximate surface area is 113 Å². The minimum atomic E-state index is 0.177. The highest BCUT2D eigenvalue weighted by molar-refractivity contribution is 6.30. The van der Waals surface area contributed by atoms with Crippen LogP contribution in [-0.2, 0) is 6.54 Å². The smallest absolute Gasteiger partial charge is 0.162 e. The lowest BCUT2D eigenvalue weighted by Crippen LogP contribution is -2.23. The number of phenolic OH excluding ortho intramolecular Hbond substituents is 1. The van der Waals surface area contributed by atoms with Gasteiger partial charge in [0.05, 0.1) is 7.11 Å². The van der Waals surface area contributed by atoms with E-state index in [1.165, 1.54) is 26.4 Å². The summed E-state index contributed by atoms with van der Waals surface area (Å²) in [4.78, 5) is 0. The van der Waals surface area contributed by atoms with Gasteiger partial charge in [0, 0.05) is 29.7 Å². The van der Waals surface area contributed by atoms with Gasteiger partial charge in [-0.1, -0.05) is 18.5 Å². The van der Waals surface area contributed by atoms with E-state index in [0.717, 1.165) is 12.1 Å². The van der Waals surface area contributed by atoms with Gasteiger partial charge >= 0.3 is 0 Å². The summed E-state index contributed by atoms with van der Waals surface area (Å²) in [7, 11) is 1.53. The number of nitrogens with one attached hydrogen (secondary N) is 1. The third kappa shape index (κ3) is 2.90. The standard InChI is InChI=1S/C14H20ClNO2/c1-3-14(4-5-14)9-16-8-10-6-11(15)7-12(18-2)13(10)17/h6-7,16-17H,3-5,8-9H2,1-2H3. The fourth-order valence-electron chi connectivity index (χ4n) is 2.21. The summed E-state index contributed by atoms with van der Waals surface area (Å²) in [5.74, 6) is 0.603. The number of hydrogen-bond donors (Lipinski definition) is 2. The van der Waals surface area contributed by atoms with Gasteiger partial charge in [-0.05, 0) is 30.7 Å². The second-order valence-electron chi connectivity index (χ2n) is 5.07. The van der Waals surface area contributed by atoms with Crippen molar-refractivity contribution < 1.29 is 9.84 Å². The van der Waals surface area contributed by atoms with Crippen LogP contribution in [0, 0.1) is 5.41 Å². The molecule has 3 nitrogen and oxygen atoms in total. The van der Waals surface area contributed by atoms with Crippen LogP contribution in [0.25, 0.3) is 0 Å². The molecule has 18 heavy (non-hydrogen) atoms. The Morgan fingerprint density at radius 3 is 2.72 bits per heavy atom. The molecule has 2 N–H and O–H groups in total. The van der Waals surface area contributed by atoms with Crippen LogP contribution in [0.3, 0.4) is 0 Å². The number of halogens is 1. The molecule has 0 amide bonds. The topological polar surface area (TPSA) is 41.5 Å². The number of benzene rings is 1. The third-order valence-electron chi connectivity index (χ3n) is 3.86. The molecule has 0 saturated heterocycles. The zero-order chi connectivity index (χ0) is 13.2. The summed E-state index contributed by atoms with van der Waals surface area (Å²) < 4.78 is 5.09. The molecule has 1 saturated carbocycles. The highest BCUT2D eigenvalue weighted by Gasteiger charge is 2.39. The molecule has 0 aliphatic heterocycles. The van der Waals surface area contributed by atoms with Gasteiger partial charge in [-0.15, -0.1) is 0 Å². The molecule has 1 aromatic carbocycles. The number of hydrogen-bond acceptors (Lipinski definition) is 3. The summed E-state index contributed by atoms with van der Waals surface area (Å²) in [5.41, 5.74) is 1.28. The molecule has 1 fully saturated rings. The second-order valence-corrected chi connectivity index (χ2v) is 5.51. The number of rotatable bonds is 6. The molecule has 0 aromatic heterocycles. The lowest BCUT2D eigenvalue weighted by atomic mass is 10.0. The van der Waals surface area contributed by atoms with Crippen LogP contribution in [0.15, 0.2) is 12.1 Å². The van der Waals surface area contributed by atoms with Gasteiger partial charge in [0.1, 0.15) is 0 Å². The first-order valence-electron chi connectivity index (χ1n) is 6.36. The SMILES string of the molecule is CCC1(CNCc2cc(Cl)cc(OC)c2O)CC1. The van der Waals surface area contributed by atoms with Crippen molar-refractivity contribution in [3.63, 3.8) is 0 Å². The van der Waals surface area contributed by atoms with Gasteiger partial charge in [0.25, 0.3) is 0 Å². The van der Waals surface area contributed by atoms with Crippen LogP contribution in [-0.4, -0.2) is 18.8 Å². The Hall–Kier alpha value is -0.930. The average molecular weight is 270 g/mol. The van der Waals surface area contributed by atoms with Crippen LogP contribution < -0.4 is 10.1 Å². The highest BCUT2D eigenvalue weighted by atomic mass is 35.5. The molecular formula is C14H20ClNO2. The van der Waals surface area contributed by atoms with Gasteiger partial charge in [0.15, 0.2) is 11.5 Å². The van der Waals surface area contributed by atoms with Crippen molar-refractivity contribution in [2.24, 2.45) is 5.41 Å². The summed E-state index contributed by atoms with van der Waals surface area (Å²) in [6, 6.07) is 3.40. The van der Waals surface area contributed by atoms with Crippen LogP contribution in [0.2, 0.25) is 5.02 Å². The monoisotopic (exact) mass is 269 g/mol. The van der Waals surface area contributed by atoms with Crippen molar-refractivity contribution in [3.8, 4) is 11.5 Å². The van der Waals surface area contributed by atoms with E-state index in [1.54, 1.807) is 12.1 Å². The molecule has 0 unspecified atom stereocenters. The summed E-state index contributed by atoms with van der Waals surface area (Å²) in [5, 5.41) is 14.0. The number of aromatic hydroxyl groups is 1. The van der Waals surface area contributed by atoms with E-state index in [0.29, 0.717) is 22.7 Å². The van der Waals surface area contributed by atoms with Crippen molar-refractivity contribution in [1.82, 2.24) is 5.32 Å². The molecule has 0 bridgehead atoms. The Bertz CT molecular complexity index is 430. The maximum absolute atomic E-state index is 9.99. The quantitative estimate of drug-likeness (QED) is 0.832. The third-order valence-corrected chi connectivity index (χ3v) is 4.08. The first-order valence-corrected chi connectivity index (χ1v) is 6.74. The molecule has 1 aliphatic rings. The van der Waals surface area contributed by atoms with Crippen LogP contribution in [0.4, 0.5) is 0 Å². The predicted octanol–water partition coefficient (Wildman–Crippen LogP) is 3.33. The highest BCUT2D eigenvalue weighted by Crippen LogP contribution is 2.48. The van der Waals surface area contributed by atoms with Crippen molar-refractivity contribution in [2.45, 2.75) is 32.7 Å². The van der Waals surface area contributed by atoms with E-state index in [9.17, 15) is 5.11 Å². The average Bonchev–Trinajstić information content (AvgIpc) is 3.13. The number of phenols is 1. The van der Waals surface area contributed by atoms with Gasteiger partial charge in [-0.25, -0.2) is 0 Å². The second kappa shape index (κ2) is 5.37. The van der Waals surface area contributed by atoms with Crippen molar-refractivity contribution in [3.05, 3.63) is 22.7 Å². The Kier molecular flexibility index (Phi) is 4.03. The van der Waals surface area contributed by atoms with Gasteiger partial charge in [-0.3, -0.25) is 0 Å². The lowest BCUT2D eigenvalue weighted by molar-refractivity contribution is 0.368. The number of ether oxygens (including phenoxy) is 1. The van der Waals surface area contributed by atoms with Crippen molar-refractivity contribution >= 4 is 11.6 Å². The molecule has 0 atom stereocenters. The predicted molar refractivity (Wildman–Crippen MR) is 73.3 cm³/mol. The largest absolute Gasteiger partial charge is 0.504 e. The first kappa shape index (κ1) is 13.5. The van der Waals surface area contributed by atoms with Gasteiger partial charge < -0.3 is 15.2 Å². The maximum atomic E-state index is 9.99. The Balaban J connectivity index is 1.98. The lowest BCUT2D eigenvalue weighted by Gasteiger charge is -2.15. The molecule has 0 spiro atoms. The van der Waals surface area contributed by atoms with E-state index in [-0.39, 0.29) is 5.75 Å². The Morgan fingerprint density at radius 2 is 2.17 bits per heavy atom. The minimum Gasteiger partial charge on any atom is -0.504 e. The summed E-state index contributed by atoms with van der Waals surface area (Å²) in [6.45, 7) is 3.84. The normalized spacial score (nSPS) is 16.6. The molecule has 0 radical (unpaired) electrons. The molecule has 100 valence electrons. The molecule has 1 aromatic rings. The fraction of sp³-hybridized carbons (Fsp3) is 0.571. The molecule has 2 rings (SSSR count). The Morgan fingerprint density at radius 1 is 1.44 bits per heavy atom. The van der Waals surface area contributed by atoms with Crippen LogP contribution >= 0.6 is 11.6 Å². The summed E-state index contributed by atoms with van der Waals surface area (Å²) >= 11 is 5.99. The van der Waals surface area contributed by atoms with E-state index in [1.807, 2.05) is 0 Å². The number of methoxy groups -OCH3 is 1. The van der Waals surface area contributed by atoms with E-state index >= 15 is 0 Å². The zero-order valence-electron chi connectivity index (χ0n) is 10.9. The van der Waals surface area contributed by atoms with Crippen LogP contribution in [0.1, 0.15) is 31.7 Å². The fourth-order valence-corrected chi connectivity index (χ4v) is 2.44. The molecule has 0 heterocycles.